The van der Waals surface area contributed by atoms with E-state index in [0.29, 0.717) is 5.19 Å². The summed E-state index contributed by atoms with van der Waals surface area (Å²) in [5, 5.41) is 0.313. The summed E-state index contributed by atoms with van der Waals surface area (Å²) in [4.78, 5) is 0. The van der Waals surface area contributed by atoms with Gasteiger partial charge in [-0.3, -0.25) is 0 Å². The Hall–Kier alpha value is -0.413. The van der Waals surface area contributed by atoms with Crippen molar-refractivity contribution in [2.45, 2.75) is 19.6 Å². The Morgan fingerprint density at radius 1 is 1.08 bits per heavy atom. The molecule has 72 valence electrons. The molecule has 0 aliphatic rings. The lowest BCUT2D eigenvalue weighted by Gasteiger charge is -2.19. The number of hydrogen-bond donors (Lipinski definition) is 0. The van der Waals surface area contributed by atoms with Gasteiger partial charge in [0.25, 0.3) is 0 Å². The van der Waals surface area contributed by atoms with Crippen molar-refractivity contribution in [3.05, 3.63) is 28.8 Å². The fourth-order valence-electron chi connectivity index (χ4n) is 1.21. The van der Waals surface area contributed by atoms with E-state index in [9.17, 15) is 8.78 Å². The molecule has 0 saturated heterocycles. The fourth-order valence-corrected chi connectivity index (χ4v) is 3.80. The average Bonchev–Trinajstić information content (AvgIpc) is 1.95. The number of benzene rings is 1. The maximum atomic E-state index is 13.3. The Balaban J connectivity index is 3.43. The molecular weight excluding hydrogens is 210 g/mol. The molecular formula is C9H11ClF2Si. The second-order valence-corrected chi connectivity index (χ2v) is 9.35. The van der Waals surface area contributed by atoms with Gasteiger partial charge in [-0.25, -0.2) is 8.78 Å². The molecule has 0 spiro atoms. The molecule has 1 rings (SSSR count). The van der Waals surface area contributed by atoms with E-state index in [1.165, 1.54) is 0 Å². The zero-order chi connectivity index (χ0) is 10.2. The first-order chi connectivity index (χ1) is 5.84. The van der Waals surface area contributed by atoms with E-state index in [1.807, 2.05) is 19.6 Å². The van der Waals surface area contributed by atoms with Crippen LogP contribution in [0, 0.1) is 11.6 Å². The Morgan fingerprint density at radius 3 is 1.92 bits per heavy atom. The maximum absolute atomic E-state index is 13.3. The molecule has 0 unspecified atom stereocenters. The van der Waals surface area contributed by atoms with Gasteiger partial charge in [-0.1, -0.05) is 31.2 Å². The van der Waals surface area contributed by atoms with Crippen LogP contribution >= 0.6 is 11.6 Å². The molecule has 0 bridgehead atoms. The van der Waals surface area contributed by atoms with E-state index in [-0.39, 0.29) is 5.02 Å². The molecule has 0 atom stereocenters. The van der Waals surface area contributed by atoms with Crippen LogP contribution < -0.4 is 5.19 Å². The highest BCUT2D eigenvalue weighted by atomic mass is 35.5. The lowest BCUT2D eigenvalue weighted by Crippen LogP contribution is -2.41. The van der Waals surface area contributed by atoms with Gasteiger partial charge in [0.15, 0.2) is 0 Å². The highest BCUT2D eigenvalue weighted by Gasteiger charge is 2.25. The number of rotatable bonds is 1. The Kier molecular flexibility index (Phi) is 2.78. The topological polar surface area (TPSA) is 0 Å². The molecule has 0 saturated carbocycles. The largest absolute Gasteiger partial charge is 0.207 e. The molecule has 1 aromatic carbocycles. The van der Waals surface area contributed by atoms with Crippen molar-refractivity contribution in [3.8, 4) is 0 Å². The highest BCUT2D eigenvalue weighted by Crippen LogP contribution is 2.18. The lowest BCUT2D eigenvalue weighted by atomic mass is 10.3. The molecule has 0 aliphatic heterocycles. The van der Waals surface area contributed by atoms with Gasteiger partial charge in [0, 0.05) is 0 Å². The lowest BCUT2D eigenvalue weighted by molar-refractivity contribution is 0.606. The van der Waals surface area contributed by atoms with Crippen molar-refractivity contribution >= 4 is 24.9 Å². The molecule has 0 amide bonds. The van der Waals surface area contributed by atoms with Gasteiger partial charge in [-0.05, 0) is 17.3 Å². The third-order valence-electron chi connectivity index (χ3n) is 1.79. The van der Waals surface area contributed by atoms with Gasteiger partial charge in [-0.15, -0.1) is 0 Å². The van der Waals surface area contributed by atoms with Gasteiger partial charge in [-0.2, -0.15) is 0 Å². The zero-order valence-corrected chi connectivity index (χ0v) is 9.54. The minimum Gasteiger partial charge on any atom is -0.207 e. The van der Waals surface area contributed by atoms with Crippen LogP contribution in [0.1, 0.15) is 0 Å². The van der Waals surface area contributed by atoms with Crippen LogP contribution in [-0.4, -0.2) is 8.07 Å². The summed E-state index contributed by atoms with van der Waals surface area (Å²) in [6.45, 7) is 5.78. The second kappa shape index (κ2) is 3.39. The third-order valence-corrected chi connectivity index (χ3v) is 4.31. The SMILES string of the molecule is C[Si](C)(C)c1c(F)ccc(F)c1Cl. The molecule has 0 aromatic heterocycles. The summed E-state index contributed by atoms with van der Waals surface area (Å²) in [7, 11) is -1.90. The maximum Gasteiger partial charge on any atom is 0.141 e. The van der Waals surface area contributed by atoms with Crippen LogP contribution in [0.15, 0.2) is 12.1 Å². The molecule has 0 N–H and O–H groups in total. The standard InChI is InChI=1S/C9H11ClF2Si/c1-13(2,3)9-7(12)5-4-6(11)8(9)10/h4-5H,1-3H3. The van der Waals surface area contributed by atoms with E-state index in [1.54, 1.807) is 0 Å². The first-order valence-electron chi connectivity index (χ1n) is 3.98. The minimum atomic E-state index is -1.90. The van der Waals surface area contributed by atoms with Crippen LogP contribution in [0.2, 0.25) is 24.7 Å². The first-order valence-corrected chi connectivity index (χ1v) is 7.86. The van der Waals surface area contributed by atoms with E-state index >= 15 is 0 Å². The third kappa shape index (κ3) is 2.09. The molecule has 0 nitrogen and oxygen atoms in total. The second-order valence-electron chi connectivity index (χ2n) is 3.97. The van der Waals surface area contributed by atoms with E-state index in [0.717, 1.165) is 12.1 Å². The predicted molar refractivity (Wildman–Crippen MR) is 54.3 cm³/mol. The van der Waals surface area contributed by atoms with E-state index in [2.05, 4.69) is 0 Å². The van der Waals surface area contributed by atoms with Gasteiger partial charge in [0.1, 0.15) is 11.6 Å². The smallest absolute Gasteiger partial charge is 0.141 e. The van der Waals surface area contributed by atoms with Gasteiger partial charge in [0.2, 0.25) is 0 Å². The normalized spacial score (nSPS) is 11.8. The predicted octanol–water partition coefficient (Wildman–Crippen LogP) is 3.16. The monoisotopic (exact) mass is 220 g/mol. The van der Waals surface area contributed by atoms with Crippen molar-refractivity contribution in [3.63, 3.8) is 0 Å². The Labute approximate surface area is 82.5 Å². The summed E-state index contributed by atoms with van der Waals surface area (Å²) in [6, 6.07) is 2.19. The van der Waals surface area contributed by atoms with Crippen molar-refractivity contribution in [1.29, 1.82) is 0 Å². The summed E-state index contributed by atoms with van der Waals surface area (Å²) in [5.74, 6) is -0.939. The van der Waals surface area contributed by atoms with Gasteiger partial charge >= 0.3 is 0 Å². The summed E-state index contributed by atoms with van der Waals surface area (Å²) >= 11 is 5.70. The van der Waals surface area contributed by atoms with Crippen molar-refractivity contribution in [2.24, 2.45) is 0 Å². The van der Waals surface area contributed by atoms with Gasteiger partial charge < -0.3 is 0 Å². The van der Waals surface area contributed by atoms with E-state index < -0.39 is 19.7 Å². The van der Waals surface area contributed by atoms with Crippen molar-refractivity contribution < 1.29 is 8.78 Å². The molecule has 0 aliphatic carbocycles. The minimum absolute atomic E-state index is 0.0563. The fraction of sp³-hybridized carbons (Fsp3) is 0.333. The van der Waals surface area contributed by atoms with Crippen LogP contribution in [0.4, 0.5) is 8.78 Å². The molecule has 0 radical (unpaired) electrons. The van der Waals surface area contributed by atoms with Crippen LogP contribution in [0.25, 0.3) is 0 Å². The van der Waals surface area contributed by atoms with E-state index in [4.69, 9.17) is 11.6 Å². The Morgan fingerprint density at radius 2 is 1.54 bits per heavy atom. The van der Waals surface area contributed by atoms with Crippen LogP contribution in [-0.2, 0) is 0 Å². The Bertz CT molecular complexity index is 331. The highest BCUT2D eigenvalue weighted by molar-refractivity contribution is 6.90. The molecule has 4 heteroatoms. The van der Waals surface area contributed by atoms with Crippen LogP contribution in [0.3, 0.4) is 0 Å². The zero-order valence-electron chi connectivity index (χ0n) is 7.79. The van der Waals surface area contributed by atoms with Gasteiger partial charge in [0.05, 0.1) is 13.1 Å². The first kappa shape index (κ1) is 10.7. The molecule has 1 aromatic rings. The molecule has 0 fully saturated rings. The summed E-state index contributed by atoms with van der Waals surface area (Å²) in [6.07, 6.45) is 0. The summed E-state index contributed by atoms with van der Waals surface area (Å²) < 4.78 is 26.3. The number of hydrogen-bond acceptors (Lipinski definition) is 0. The molecule has 13 heavy (non-hydrogen) atoms. The molecule has 0 heterocycles. The van der Waals surface area contributed by atoms with Crippen molar-refractivity contribution in [1.82, 2.24) is 0 Å². The van der Waals surface area contributed by atoms with Crippen LogP contribution in [0.5, 0.6) is 0 Å². The van der Waals surface area contributed by atoms with Crippen molar-refractivity contribution in [2.75, 3.05) is 0 Å². The average molecular weight is 221 g/mol. The number of halogens is 3. The quantitative estimate of drug-likeness (QED) is 0.504. The summed E-state index contributed by atoms with van der Waals surface area (Å²) in [5.41, 5.74) is 0.